The summed E-state index contributed by atoms with van der Waals surface area (Å²) < 4.78 is 54.9. The number of halogens is 2. The Morgan fingerprint density at radius 2 is 1.88 bits per heavy atom. The van der Waals surface area contributed by atoms with Gasteiger partial charge in [0.1, 0.15) is 11.6 Å². The van der Waals surface area contributed by atoms with E-state index in [1.54, 1.807) is 31.4 Å². The third kappa shape index (κ3) is 3.18. The molecule has 0 bridgehead atoms. The van der Waals surface area contributed by atoms with Crippen molar-refractivity contribution in [3.8, 4) is 11.3 Å². The molecule has 3 rings (SSSR count). The molecule has 1 aromatic carbocycles. The molecule has 0 saturated carbocycles. The van der Waals surface area contributed by atoms with Crippen LogP contribution in [0, 0.1) is 11.6 Å². The van der Waals surface area contributed by atoms with E-state index >= 15 is 0 Å². The highest BCUT2D eigenvalue weighted by molar-refractivity contribution is 7.90. The predicted molar refractivity (Wildman–Crippen MR) is 89.4 cm³/mol. The first-order valence-electron chi connectivity index (χ1n) is 7.41. The minimum absolute atomic E-state index is 0.279. The van der Waals surface area contributed by atoms with E-state index in [1.807, 2.05) is 0 Å². The van der Waals surface area contributed by atoms with Crippen LogP contribution in [0.4, 0.5) is 8.78 Å². The Balaban J connectivity index is 2.25. The third-order valence-electron chi connectivity index (χ3n) is 3.62. The largest absolute Gasteiger partial charge is 0.316 e. The number of pyridine rings is 1. The molecule has 0 spiro atoms. The lowest BCUT2D eigenvalue weighted by molar-refractivity contribution is 0.516. The van der Waals surface area contributed by atoms with E-state index in [-0.39, 0.29) is 5.69 Å². The molecule has 0 atom stereocenters. The summed E-state index contributed by atoms with van der Waals surface area (Å²) >= 11 is 0. The number of nitrogens with zero attached hydrogens (tertiary/aromatic N) is 2. The fourth-order valence-corrected chi connectivity index (χ4v) is 4.07. The molecule has 5 nitrogen and oxygen atoms in total. The van der Waals surface area contributed by atoms with Gasteiger partial charge in [-0.2, -0.15) is 0 Å². The Labute approximate surface area is 144 Å². The first kappa shape index (κ1) is 17.2. The highest BCUT2D eigenvalue weighted by Crippen LogP contribution is 2.29. The Hall–Kier alpha value is -2.58. The molecule has 0 saturated heterocycles. The van der Waals surface area contributed by atoms with Crippen molar-refractivity contribution in [3.05, 3.63) is 72.2 Å². The Morgan fingerprint density at radius 3 is 2.48 bits per heavy atom. The van der Waals surface area contributed by atoms with E-state index in [1.165, 1.54) is 12.4 Å². The second kappa shape index (κ2) is 6.73. The van der Waals surface area contributed by atoms with Gasteiger partial charge in [-0.05, 0) is 42.9 Å². The smallest absolute Gasteiger partial charge is 0.274 e. The third-order valence-corrected chi connectivity index (χ3v) is 5.34. The summed E-state index contributed by atoms with van der Waals surface area (Å²) in [5.74, 6) is -2.28. The average molecular weight is 363 g/mol. The Bertz CT molecular complexity index is 982. The van der Waals surface area contributed by atoms with Gasteiger partial charge >= 0.3 is 0 Å². The molecule has 0 unspecified atom stereocenters. The van der Waals surface area contributed by atoms with Gasteiger partial charge in [-0.3, -0.25) is 4.98 Å². The van der Waals surface area contributed by atoms with Crippen LogP contribution < -0.4 is 5.32 Å². The second-order valence-corrected chi connectivity index (χ2v) is 7.11. The fourth-order valence-electron chi connectivity index (χ4n) is 2.55. The molecule has 2 heterocycles. The second-order valence-electron chi connectivity index (χ2n) is 5.36. The zero-order valence-corrected chi connectivity index (χ0v) is 14.1. The molecule has 3 aromatic rings. The molecule has 25 heavy (non-hydrogen) atoms. The van der Waals surface area contributed by atoms with Gasteiger partial charge in [0.25, 0.3) is 10.0 Å². The maximum absolute atomic E-state index is 14.1. The van der Waals surface area contributed by atoms with Crippen LogP contribution in [0.3, 0.4) is 0 Å². The maximum Gasteiger partial charge on any atom is 0.274 e. The normalized spacial score (nSPS) is 11.6. The maximum atomic E-state index is 14.1. The van der Waals surface area contributed by atoms with Crippen molar-refractivity contribution < 1.29 is 17.2 Å². The number of nitrogens with one attached hydrogen (secondary N) is 1. The van der Waals surface area contributed by atoms with Crippen molar-refractivity contribution in [1.29, 1.82) is 0 Å². The monoisotopic (exact) mass is 363 g/mol. The molecule has 0 aliphatic carbocycles. The van der Waals surface area contributed by atoms with Crippen molar-refractivity contribution in [1.82, 2.24) is 14.3 Å². The average Bonchev–Trinajstić information content (AvgIpc) is 3.00. The van der Waals surface area contributed by atoms with Crippen molar-refractivity contribution in [3.63, 3.8) is 0 Å². The van der Waals surface area contributed by atoms with Gasteiger partial charge in [0.2, 0.25) is 0 Å². The molecular formula is C17H15F2N3O2S. The highest BCUT2D eigenvalue weighted by Gasteiger charge is 2.28. The lowest BCUT2D eigenvalue weighted by atomic mass is 10.2. The van der Waals surface area contributed by atoms with Crippen LogP contribution in [0.1, 0.15) is 5.56 Å². The highest BCUT2D eigenvalue weighted by atomic mass is 32.2. The lowest BCUT2D eigenvalue weighted by Crippen LogP contribution is -2.16. The molecule has 2 aromatic heterocycles. The van der Waals surface area contributed by atoms with Crippen LogP contribution in [0.5, 0.6) is 0 Å². The van der Waals surface area contributed by atoms with Crippen LogP contribution in [0.2, 0.25) is 0 Å². The van der Waals surface area contributed by atoms with Crippen molar-refractivity contribution >= 4 is 10.0 Å². The SMILES string of the molecule is CNCc1cc(-c2cccnc2)n(S(=O)(=O)c2c(F)cccc2F)c1. The fraction of sp³-hybridized carbons (Fsp3) is 0.118. The van der Waals surface area contributed by atoms with Gasteiger partial charge < -0.3 is 5.32 Å². The summed E-state index contributed by atoms with van der Waals surface area (Å²) in [5, 5.41) is 2.92. The van der Waals surface area contributed by atoms with Crippen LogP contribution in [-0.2, 0) is 16.6 Å². The minimum Gasteiger partial charge on any atom is -0.316 e. The number of rotatable bonds is 5. The molecule has 1 N–H and O–H groups in total. The molecular weight excluding hydrogens is 348 g/mol. The molecule has 0 fully saturated rings. The van der Waals surface area contributed by atoms with Crippen LogP contribution >= 0.6 is 0 Å². The first-order valence-corrected chi connectivity index (χ1v) is 8.85. The molecule has 0 radical (unpaired) electrons. The lowest BCUT2D eigenvalue weighted by Gasteiger charge is -2.11. The van der Waals surface area contributed by atoms with E-state index in [9.17, 15) is 17.2 Å². The summed E-state index contributed by atoms with van der Waals surface area (Å²) in [5.41, 5.74) is 1.45. The quantitative estimate of drug-likeness (QED) is 0.757. The van der Waals surface area contributed by atoms with E-state index in [2.05, 4.69) is 10.3 Å². The van der Waals surface area contributed by atoms with Crippen molar-refractivity contribution in [2.75, 3.05) is 7.05 Å². The van der Waals surface area contributed by atoms with E-state index in [4.69, 9.17) is 0 Å². The standard InChI is InChI=1S/C17H15F2N3O2S/c1-20-9-12-8-16(13-4-3-7-21-10-13)22(11-12)25(23,24)17-14(18)5-2-6-15(17)19/h2-8,10-11,20H,9H2,1H3. The summed E-state index contributed by atoms with van der Waals surface area (Å²) in [6, 6.07) is 7.92. The van der Waals surface area contributed by atoms with Crippen LogP contribution in [-0.4, -0.2) is 24.4 Å². The summed E-state index contributed by atoms with van der Waals surface area (Å²) in [6.07, 6.45) is 4.39. The zero-order chi connectivity index (χ0) is 18.0. The van der Waals surface area contributed by atoms with Crippen LogP contribution in [0.25, 0.3) is 11.3 Å². The summed E-state index contributed by atoms with van der Waals surface area (Å²) in [4.78, 5) is 3.00. The summed E-state index contributed by atoms with van der Waals surface area (Å²) in [7, 11) is -2.75. The van der Waals surface area contributed by atoms with Gasteiger partial charge in [-0.1, -0.05) is 6.07 Å². The summed E-state index contributed by atoms with van der Waals surface area (Å²) in [6.45, 7) is 0.398. The first-order chi connectivity index (χ1) is 11.9. The zero-order valence-electron chi connectivity index (χ0n) is 13.3. The van der Waals surface area contributed by atoms with Crippen molar-refractivity contribution in [2.45, 2.75) is 11.4 Å². The number of hydrogen-bond acceptors (Lipinski definition) is 4. The van der Waals surface area contributed by atoms with Gasteiger partial charge in [0.15, 0.2) is 4.90 Å². The van der Waals surface area contributed by atoms with Gasteiger partial charge in [-0.15, -0.1) is 0 Å². The van der Waals surface area contributed by atoms with Gasteiger partial charge in [-0.25, -0.2) is 21.2 Å². The Morgan fingerprint density at radius 1 is 1.16 bits per heavy atom. The minimum atomic E-state index is -4.47. The molecule has 0 amide bonds. The Kier molecular flexibility index (Phi) is 4.65. The van der Waals surface area contributed by atoms with E-state index in [0.717, 1.165) is 22.2 Å². The molecule has 8 heteroatoms. The van der Waals surface area contributed by atoms with Gasteiger partial charge in [0, 0.05) is 30.7 Å². The number of hydrogen-bond donors (Lipinski definition) is 1. The predicted octanol–water partition coefficient (Wildman–Crippen LogP) is 2.78. The number of aromatic nitrogens is 2. The van der Waals surface area contributed by atoms with E-state index in [0.29, 0.717) is 17.7 Å². The van der Waals surface area contributed by atoms with E-state index < -0.39 is 26.6 Å². The molecule has 0 aliphatic rings. The van der Waals surface area contributed by atoms with Gasteiger partial charge in [0.05, 0.1) is 5.69 Å². The van der Waals surface area contributed by atoms with Crippen molar-refractivity contribution in [2.24, 2.45) is 0 Å². The molecule has 130 valence electrons. The van der Waals surface area contributed by atoms with Crippen LogP contribution in [0.15, 0.2) is 59.9 Å². The topological polar surface area (TPSA) is 64.0 Å². The number of benzene rings is 1. The molecule has 0 aliphatic heterocycles.